The van der Waals surface area contributed by atoms with Crippen molar-refractivity contribution in [3.05, 3.63) is 68.6 Å². The summed E-state index contributed by atoms with van der Waals surface area (Å²) in [5.74, 6) is -0.414. The van der Waals surface area contributed by atoms with Gasteiger partial charge in [0.05, 0.1) is 10.9 Å². The third-order valence-corrected chi connectivity index (χ3v) is 8.04. The molecule has 2 aromatic carbocycles. The second-order valence-electron chi connectivity index (χ2n) is 6.64. The number of nitrogens with one attached hydrogen (secondary N) is 1. The Bertz CT molecular complexity index is 1180. The zero-order chi connectivity index (χ0) is 21.3. The first-order valence-corrected chi connectivity index (χ1v) is 12.0. The number of aromatic nitrogens is 2. The maximum absolute atomic E-state index is 13.1. The van der Waals surface area contributed by atoms with Crippen LogP contribution in [0, 0.1) is 0 Å². The van der Waals surface area contributed by atoms with Crippen LogP contribution in [0.4, 0.5) is 5.69 Å². The van der Waals surface area contributed by atoms with Crippen LogP contribution in [0.15, 0.2) is 53.4 Å². The summed E-state index contributed by atoms with van der Waals surface area (Å²) in [4.78, 5) is 12.6. The largest absolute Gasteiger partial charge is 0.320 e. The quantitative estimate of drug-likeness (QED) is 0.572. The molecule has 11 heteroatoms. The van der Waals surface area contributed by atoms with Crippen LogP contribution < -0.4 is 5.32 Å². The lowest BCUT2D eigenvalue weighted by molar-refractivity contribution is 0.102. The fourth-order valence-corrected chi connectivity index (χ4v) is 6.26. The summed E-state index contributed by atoms with van der Waals surface area (Å²) in [5, 5.41) is 12.4. The molecular weight excluding hydrogens is 467 g/mol. The van der Waals surface area contributed by atoms with Crippen molar-refractivity contribution in [3.63, 3.8) is 0 Å². The Balaban J connectivity index is 1.55. The van der Waals surface area contributed by atoms with Gasteiger partial charge in [-0.25, -0.2) is 8.42 Å². The van der Waals surface area contributed by atoms with E-state index < -0.39 is 22.0 Å². The van der Waals surface area contributed by atoms with Crippen molar-refractivity contribution in [2.45, 2.75) is 23.8 Å². The van der Waals surface area contributed by atoms with Crippen molar-refractivity contribution in [2.75, 3.05) is 11.9 Å². The zero-order valence-electron chi connectivity index (χ0n) is 15.5. The van der Waals surface area contributed by atoms with E-state index in [0.717, 1.165) is 11.3 Å². The standard InChI is InChI=1S/C19H16Cl2N4O3S2/c20-12-6-8-14(9-7-12)22-17(26)19-24-23-18(29-19)16-5-2-10-25(16)30(27,28)15-4-1-3-13(21)11-15/h1,3-4,6-9,11,16H,2,5,10H2,(H,22,26)/t16-/m1/s1. The van der Waals surface area contributed by atoms with Gasteiger partial charge in [-0.15, -0.1) is 10.2 Å². The molecule has 30 heavy (non-hydrogen) atoms. The Morgan fingerprint density at radius 2 is 1.87 bits per heavy atom. The maximum Gasteiger partial charge on any atom is 0.286 e. The van der Waals surface area contributed by atoms with Gasteiger partial charge in [-0.2, -0.15) is 4.31 Å². The molecule has 0 aliphatic carbocycles. The number of carbonyl (C=O) groups excluding carboxylic acids is 1. The minimum Gasteiger partial charge on any atom is -0.320 e. The lowest BCUT2D eigenvalue weighted by atomic mass is 10.2. The van der Waals surface area contributed by atoms with Gasteiger partial charge in [0.1, 0.15) is 5.01 Å². The first-order chi connectivity index (χ1) is 14.3. The average Bonchev–Trinajstić information content (AvgIpc) is 3.39. The number of benzene rings is 2. The number of anilines is 1. The van der Waals surface area contributed by atoms with Crippen LogP contribution >= 0.6 is 34.5 Å². The van der Waals surface area contributed by atoms with Crippen molar-refractivity contribution in [3.8, 4) is 0 Å². The molecule has 1 aromatic heterocycles. The molecule has 1 amide bonds. The number of halogens is 2. The molecule has 3 aromatic rings. The summed E-state index contributed by atoms with van der Waals surface area (Å²) in [7, 11) is -3.75. The van der Waals surface area contributed by atoms with Crippen molar-refractivity contribution < 1.29 is 13.2 Å². The molecule has 4 rings (SSSR count). The lowest BCUT2D eigenvalue weighted by Crippen LogP contribution is -2.30. The Hall–Kier alpha value is -2.04. The molecular formula is C19H16Cl2N4O3S2. The molecule has 1 N–H and O–H groups in total. The molecule has 0 saturated carbocycles. The van der Waals surface area contributed by atoms with Gasteiger partial charge in [0.15, 0.2) is 0 Å². The summed E-state index contributed by atoms with van der Waals surface area (Å²) < 4.78 is 27.6. The van der Waals surface area contributed by atoms with Gasteiger partial charge in [0.25, 0.3) is 5.91 Å². The van der Waals surface area contributed by atoms with Crippen molar-refractivity contribution in [1.29, 1.82) is 0 Å². The molecule has 1 fully saturated rings. The van der Waals surface area contributed by atoms with E-state index in [-0.39, 0.29) is 9.90 Å². The summed E-state index contributed by atoms with van der Waals surface area (Å²) in [6, 6.07) is 12.4. The average molecular weight is 483 g/mol. The van der Waals surface area contributed by atoms with Crippen LogP contribution in [0.25, 0.3) is 0 Å². The number of hydrogen-bond donors (Lipinski definition) is 1. The van der Waals surface area contributed by atoms with Crippen LogP contribution in [0.5, 0.6) is 0 Å². The summed E-state index contributed by atoms with van der Waals surface area (Å²) in [6.45, 7) is 0.366. The SMILES string of the molecule is O=C(Nc1ccc(Cl)cc1)c1nnc([C@H]2CCCN2S(=O)(=O)c2cccc(Cl)c2)s1. The van der Waals surface area contributed by atoms with E-state index in [0.29, 0.717) is 40.1 Å². The first-order valence-electron chi connectivity index (χ1n) is 9.02. The lowest BCUT2D eigenvalue weighted by Gasteiger charge is -2.22. The molecule has 0 bridgehead atoms. The van der Waals surface area contributed by atoms with Crippen LogP contribution in [0.2, 0.25) is 10.0 Å². The second-order valence-corrected chi connectivity index (χ2v) is 10.4. The number of amides is 1. The third-order valence-electron chi connectivity index (χ3n) is 4.63. The number of sulfonamides is 1. The summed E-state index contributed by atoms with van der Waals surface area (Å²) in [5.41, 5.74) is 0.576. The molecule has 1 saturated heterocycles. The molecule has 1 aliphatic rings. The van der Waals surface area contributed by atoms with Gasteiger partial charge in [-0.05, 0) is 55.3 Å². The van der Waals surface area contributed by atoms with E-state index in [1.54, 1.807) is 36.4 Å². The third kappa shape index (κ3) is 4.35. The second kappa shape index (κ2) is 8.60. The van der Waals surface area contributed by atoms with Gasteiger partial charge in [0, 0.05) is 22.3 Å². The van der Waals surface area contributed by atoms with Gasteiger partial charge < -0.3 is 5.32 Å². The molecule has 156 valence electrons. The highest BCUT2D eigenvalue weighted by Crippen LogP contribution is 2.38. The Morgan fingerprint density at radius 1 is 1.10 bits per heavy atom. The van der Waals surface area contributed by atoms with Crippen LogP contribution in [-0.2, 0) is 10.0 Å². The maximum atomic E-state index is 13.1. The van der Waals surface area contributed by atoms with E-state index in [1.165, 1.54) is 16.4 Å². The van der Waals surface area contributed by atoms with Crippen LogP contribution in [0.3, 0.4) is 0 Å². The van der Waals surface area contributed by atoms with Crippen LogP contribution in [0.1, 0.15) is 33.7 Å². The highest BCUT2D eigenvalue weighted by Gasteiger charge is 2.38. The number of rotatable bonds is 5. The Labute approximate surface area is 187 Å². The predicted octanol–water partition coefficient (Wildman–Crippen LogP) is 4.62. The van der Waals surface area contributed by atoms with Gasteiger partial charge in [-0.3, -0.25) is 4.79 Å². The van der Waals surface area contributed by atoms with E-state index in [2.05, 4.69) is 15.5 Å². The van der Waals surface area contributed by atoms with E-state index >= 15 is 0 Å². The number of carbonyl (C=O) groups is 1. The molecule has 1 atom stereocenters. The van der Waals surface area contributed by atoms with Gasteiger partial charge in [-0.1, -0.05) is 40.6 Å². The van der Waals surface area contributed by atoms with Crippen LogP contribution in [-0.4, -0.2) is 35.4 Å². The molecule has 0 unspecified atom stereocenters. The van der Waals surface area contributed by atoms with E-state index in [4.69, 9.17) is 23.2 Å². The monoisotopic (exact) mass is 482 g/mol. The van der Waals surface area contributed by atoms with Crippen molar-refractivity contribution in [1.82, 2.24) is 14.5 Å². The number of hydrogen-bond acceptors (Lipinski definition) is 6. The van der Waals surface area contributed by atoms with Crippen molar-refractivity contribution in [2.24, 2.45) is 0 Å². The highest BCUT2D eigenvalue weighted by molar-refractivity contribution is 7.89. The smallest absolute Gasteiger partial charge is 0.286 e. The topological polar surface area (TPSA) is 92.3 Å². The molecule has 0 spiro atoms. The fraction of sp³-hybridized carbons (Fsp3) is 0.211. The van der Waals surface area contributed by atoms with Gasteiger partial charge >= 0.3 is 0 Å². The molecule has 1 aliphatic heterocycles. The summed E-state index contributed by atoms with van der Waals surface area (Å²) >= 11 is 12.9. The molecule has 0 radical (unpaired) electrons. The number of nitrogens with zero attached hydrogens (tertiary/aromatic N) is 3. The van der Waals surface area contributed by atoms with E-state index in [9.17, 15) is 13.2 Å². The predicted molar refractivity (Wildman–Crippen MR) is 117 cm³/mol. The first kappa shape index (κ1) is 21.2. The Morgan fingerprint density at radius 3 is 2.60 bits per heavy atom. The summed E-state index contributed by atoms with van der Waals surface area (Å²) in [6.07, 6.45) is 1.30. The fourth-order valence-electron chi connectivity index (χ4n) is 3.22. The molecule has 7 nitrogen and oxygen atoms in total. The van der Waals surface area contributed by atoms with E-state index in [1.807, 2.05) is 0 Å². The molecule has 2 heterocycles. The minimum absolute atomic E-state index is 0.132. The normalized spacial score (nSPS) is 17.2. The Kier molecular flexibility index (Phi) is 6.08. The highest BCUT2D eigenvalue weighted by atomic mass is 35.5. The van der Waals surface area contributed by atoms with Crippen molar-refractivity contribution >= 4 is 56.2 Å². The zero-order valence-corrected chi connectivity index (χ0v) is 18.6. The minimum atomic E-state index is -3.75. The van der Waals surface area contributed by atoms with Gasteiger partial charge in [0.2, 0.25) is 15.0 Å².